The number of carbonyl (C=O) groups excluding carboxylic acids is 1. The Bertz CT molecular complexity index is 638. The molecule has 2 aromatic carbocycles. The zero-order valence-electron chi connectivity index (χ0n) is 15.3. The fraction of sp³-hybridized carbons (Fsp3) is 0.409. The molecule has 140 valence electrons. The van der Waals surface area contributed by atoms with Crippen molar-refractivity contribution in [3.05, 3.63) is 71.8 Å². The van der Waals surface area contributed by atoms with Gasteiger partial charge >= 0.3 is 0 Å². The number of hydrogen-bond donors (Lipinski definition) is 2. The molecule has 0 saturated heterocycles. The second-order valence-corrected chi connectivity index (χ2v) is 7.22. The standard InChI is InChI=1S/C22H28N2O.ClH/c1-16(24-22(25)19-13-8-14-20(23)15-19)21(17-9-4-2-5-10-17)18-11-6-3-7-12-18;/h2-7,9-12,16,19-21H,8,13-15,23H2,1H3,(H,24,25);1H. The number of hydrogen-bond acceptors (Lipinski definition) is 2. The van der Waals surface area contributed by atoms with Gasteiger partial charge in [0.25, 0.3) is 0 Å². The van der Waals surface area contributed by atoms with E-state index in [-0.39, 0.29) is 42.2 Å². The van der Waals surface area contributed by atoms with E-state index in [1.165, 1.54) is 11.1 Å². The van der Waals surface area contributed by atoms with Gasteiger partial charge in [-0.2, -0.15) is 0 Å². The van der Waals surface area contributed by atoms with Crippen LogP contribution >= 0.6 is 12.4 Å². The Hall–Kier alpha value is -1.84. The predicted octanol–water partition coefficient (Wildman–Crippen LogP) is 4.26. The molecule has 0 heterocycles. The molecule has 0 aromatic heterocycles. The van der Waals surface area contributed by atoms with E-state index in [9.17, 15) is 4.79 Å². The lowest BCUT2D eigenvalue weighted by Crippen LogP contribution is -2.43. The Morgan fingerprint density at radius 2 is 1.54 bits per heavy atom. The molecule has 3 N–H and O–H groups in total. The normalized spacial score (nSPS) is 20.9. The van der Waals surface area contributed by atoms with E-state index < -0.39 is 0 Å². The summed E-state index contributed by atoms with van der Waals surface area (Å²) in [5, 5.41) is 3.27. The van der Waals surface area contributed by atoms with Crippen LogP contribution in [0.2, 0.25) is 0 Å². The quantitative estimate of drug-likeness (QED) is 0.823. The summed E-state index contributed by atoms with van der Waals surface area (Å²) in [4.78, 5) is 12.8. The van der Waals surface area contributed by atoms with Gasteiger partial charge in [0.1, 0.15) is 0 Å². The van der Waals surface area contributed by atoms with Crippen molar-refractivity contribution in [1.29, 1.82) is 0 Å². The van der Waals surface area contributed by atoms with Gasteiger partial charge in [-0.1, -0.05) is 67.1 Å². The number of carbonyl (C=O) groups is 1. The molecular formula is C22H29ClN2O. The number of nitrogens with two attached hydrogens (primary N) is 1. The Morgan fingerprint density at radius 1 is 1.00 bits per heavy atom. The third kappa shape index (κ3) is 5.09. The Kier molecular flexibility index (Phi) is 7.67. The highest BCUT2D eigenvalue weighted by Crippen LogP contribution is 2.29. The number of halogens is 1. The summed E-state index contributed by atoms with van der Waals surface area (Å²) < 4.78 is 0. The maximum Gasteiger partial charge on any atom is 0.223 e. The summed E-state index contributed by atoms with van der Waals surface area (Å²) in [6.45, 7) is 2.10. The Labute approximate surface area is 162 Å². The molecule has 3 unspecified atom stereocenters. The van der Waals surface area contributed by atoms with E-state index >= 15 is 0 Å². The molecule has 1 fully saturated rings. The van der Waals surface area contributed by atoms with Crippen LogP contribution in [0.15, 0.2) is 60.7 Å². The molecule has 1 saturated carbocycles. The SMILES string of the molecule is CC(NC(=O)C1CCCC(N)C1)C(c1ccccc1)c1ccccc1.Cl. The van der Waals surface area contributed by atoms with Gasteiger partial charge < -0.3 is 11.1 Å². The minimum absolute atomic E-state index is 0. The topological polar surface area (TPSA) is 55.1 Å². The first-order valence-electron chi connectivity index (χ1n) is 9.31. The van der Waals surface area contributed by atoms with Crippen molar-refractivity contribution in [3.63, 3.8) is 0 Å². The maximum absolute atomic E-state index is 12.8. The largest absolute Gasteiger partial charge is 0.352 e. The van der Waals surface area contributed by atoms with Gasteiger partial charge in [-0.05, 0) is 37.3 Å². The van der Waals surface area contributed by atoms with Crippen molar-refractivity contribution in [2.45, 2.75) is 50.6 Å². The summed E-state index contributed by atoms with van der Waals surface area (Å²) in [7, 11) is 0. The molecule has 1 aliphatic carbocycles. The van der Waals surface area contributed by atoms with E-state index in [2.05, 4.69) is 60.8 Å². The fourth-order valence-electron chi connectivity index (χ4n) is 3.98. The molecule has 0 spiro atoms. The average molecular weight is 373 g/mol. The van der Waals surface area contributed by atoms with Crippen LogP contribution in [0, 0.1) is 5.92 Å². The van der Waals surface area contributed by atoms with Crippen LogP contribution in [0.3, 0.4) is 0 Å². The summed E-state index contributed by atoms with van der Waals surface area (Å²) in [6.07, 6.45) is 3.85. The van der Waals surface area contributed by atoms with Crippen molar-refractivity contribution >= 4 is 18.3 Å². The lowest BCUT2D eigenvalue weighted by molar-refractivity contribution is -0.126. The summed E-state index contributed by atoms with van der Waals surface area (Å²) in [5.74, 6) is 0.349. The van der Waals surface area contributed by atoms with Gasteiger partial charge in [0.2, 0.25) is 5.91 Å². The summed E-state index contributed by atoms with van der Waals surface area (Å²) in [6, 6.07) is 21.0. The van der Waals surface area contributed by atoms with Crippen LogP contribution in [0.25, 0.3) is 0 Å². The fourth-order valence-corrected chi connectivity index (χ4v) is 3.98. The molecule has 2 aromatic rings. The first-order chi connectivity index (χ1) is 12.1. The summed E-state index contributed by atoms with van der Waals surface area (Å²) in [5.41, 5.74) is 8.50. The monoisotopic (exact) mass is 372 g/mol. The Morgan fingerprint density at radius 3 is 2.04 bits per heavy atom. The van der Waals surface area contributed by atoms with Gasteiger partial charge in [0, 0.05) is 23.9 Å². The van der Waals surface area contributed by atoms with Crippen molar-refractivity contribution in [2.75, 3.05) is 0 Å². The van der Waals surface area contributed by atoms with Crippen LogP contribution in [0.4, 0.5) is 0 Å². The molecular weight excluding hydrogens is 344 g/mol. The van der Waals surface area contributed by atoms with E-state index in [4.69, 9.17) is 5.73 Å². The maximum atomic E-state index is 12.8. The smallest absolute Gasteiger partial charge is 0.223 e. The van der Waals surface area contributed by atoms with Crippen molar-refractivity contribution in [2.24, 2.45) is 11.7 Å². The van der Waals surface area contributed by atoms with Crippen LogP contribution in [-0.2, 0) is 4.79 Å². The first-order valence-corrected chi connectivity index (χ1v) is 9.31. The third-order valence-electron chi connectivity index (χ3n) is 5.27. The highest BCUT2D eigenvalue weighted by Gasteiger charge is 2.29. The number of amides is 1. The Balaban J connectivity index is 0.00000243. The van der Waals surface area contributed by atoms with Crippen LogP contribution in [0.1, 0.15) is 49.7 Å². The molecule has 3 atom stereocenters. The number of rotatable bonds is 5. The van der Waals surface area contributed by atoms with Crippen LogP contribution in [0.5, 0.6) is 0 Å². The van der Waals surface area contributed by atoms with E-state index in [0.29, 0.717) is 0 Å². The lowest BCUT2D eigenvalue weighted by atomic mass is 9.83. The van der Waals surface area contributed by atoms with Gasteiger partial charge in [-0.3, -0.25) is 4.79 Å². The van der Waals surface area contributed by atoms with Crippen LogP contribution < -0.4 is 11.1 Å². The van der Waals surface area contributed by atoms with E-state index in [1.54, 1.807) is 0 Å². The van der Waals surface area contributed by atoms with Gasteiger partial charge in [-0.25, -0.2) is 0 Å². The predicted molar refractivity (Wildman–Crippen MR) is 110 cm³/mol. The molecule has 3 nitrogen and oxygen atoms in total. The first kappa shape index (κ1) is 20.5. The lowest BCUT2D eigenvalue weighted by Gasteiger charge is -2.30. The van der Waals surface area contributed by atoms with Gasteiger partial charge in [0.15, 0.2) is 0 Å². The number of nitrogens with one attached hydrogen (secondary N) is 1. The highest BCUT2D eigenvalue weighted by molar-refractivity contribution is 5.85. The van der Waals surface area contributed by atoms with Crippen molar-refractivity contribution in [1.82, 2.24) is 5.32 Å². The number of benzene rings is 2. The second kappa shape index (κ2) is 9.75. The molecule has 0 bridgehead atoms. The molecule has 1 amide bonds. The minimum Gasteiger partial charge on any atom is -0.352 e. The molecule has 3 rings (SSSR count). The van der Waals surface area contributed by atoms with Crippen molar-refractivity contribution in [3.8, 4) is 0 Å². The van der Waals surface area contributed by atoms with Gasteiger partial charge in [0.05, 0.1) is 0 Å². The highest BCUT2D eigenvalue weighted by atomic mass is 35.5. The minimum atomic E-state index is 0. The van der Waals surface area contributed by atoms with E-state index in [0.717, 1.165) is 25.7 Å². The van der Waals surface area contributed by atoms with E-state index in [1.807, 2.05) is 12.1 Å². The third-order valence-corrected chi connectivity index (χ3v) is 5.27. The zero-order valence-corrected chi connectivity index (χ0v) is 16.1. The van der Waals surface area contributed by atoms with Gasteiger partial charge in [-0.15, -0.1) is 12.4 Å². The molecule has 26 heavy (non-hydrogen) atoms. The van der Waals surface area contributed by atoms with Crippen molar-refractivity contribution < 1.29 is 4.79 Å². The molecule has 0 radical (unpaired) electrons. The molecule has 4 heteroatoms. The molecule has 1 aliphatic rings. The summed E-state index contributed by atoms with van der Waals surface area (Å²) >= 11 is 0. The average Bonchev–Trinajstić information content (AvgIpc) is 2.63. The second-order valence-electron chi connectivity index (χ2n) is 7.22. The molecule has 0 aliphatic heterocycles. The van der Waals surface area contributed by atoms with Crippen LogP contribution in [-0.4, -0.2) is 18.0 Å². The zero-order chi connectivity index (χ0) is 17.6.